The minimum atomic E-state index is -4.61. The van der Waals surface area contributed by atoms with Crippen molar-refractivity contribution in [2.24, 2.45) is 7.05 Å². The average Bonchev–Trinajstić information content (AvgIpc) is 2.76. The van der Waals surface area contributed by atoms with Crippen LogP contribution in [0.1, 0.15) is 42.3 Å². The van der Waals surface area contributed by atoms with E-state index in [0.717, 1.165) is 38.1 Å². The Labute approximate surface area is 192 Å². The number of hydrogen-bond donors (Lipinski definition) is 0. The summed E-state index contributed by atoms with van der Waals surface area (Å²) in [6.07, 6.45) is -4.14. The number of anilines is 1. The first-order valence-electron chi connectivity index (χ1n) is 10.2. The lowest BCUT2D eigenvalue weighted by Crippen LogP contribution is -2.40. The molecular formula is C24H21F3N2O5. The predicted molar refractivity (Wildman–Crippen MR) is 119 cm³/mol. The highest BCUT2D eigenvalue weighted by molar-refractivity contribution is 6.22. The van der Waals surface area contributed by atoms with Crippen LogP contribution in [-0.2, 0) is 29.2 Å². The molecular weight excluding hydrogens is 453 g/mol. The lowest BCUT2D eigenvalue weighted by molar-refractivity contribution is -0.137. The summed E-state index contributed by atoms with van der Waals surface area (Å²) >= 11 is 0. The molecule has 0 aliphatic heterocycles. The second-order valence-corrected chi connectivity index (χ2v) is 7.53. The number of rotatable bonds is 4. The molecule has 2 amide bonds. The number of hydrogen-bond acceptors (Lipinski definition) is 5. The first kappa shape index (κ1) is 24.7. The highest BCUT2D eigenvalue weighted by Gasteiger charge is 2.33. The molecule has 0 aliphatic carbocycles. The molecule has 1 heterocycles. The Morgan fingerprint density at radius 3 is 2.15 bits per heavy atom. The minimum Gasteiger partial charge on any atom is -0.425 e. The van der Waals surface area contributed by atoms with Gasteiger partial charge in [-0.3, -0.25) is 19.2 Å². The van der Waals surface area contributed by atoms with Crippen molar-refractivity contribution in [3.8, 4) is 5.75 Å². The Morgan fingerprint density at radius 1 is 1.03 bits per heavy atom. The number of aromatic nitrogens is 1. The molecule has 0 saturated heterocycles. The monoisotopic (exact) mass is 474 g/mol. The van der Waals surface area contributed by atoms with Gasteiger partial charge < -0.3 is 9.30 Å². The predicted octanol–water partition coefficient (Wildman–Crippen LogP) is 4.24. The topological polar surface area (TPSA) is 85.7 Å². The lowest BCUT2D eigenvalue weighted by atomic mass is 10.0. The summed E-state index contributed by atoms with van der Waals surface area (Å²) in [5.41, 5.74) is -1.48. The van der Waals surface area contributed by atoms with E-state index < -0.39 is 40.6 Å². The van der Waals surface area contributed by atoms with Crippen LogP contribution in [0.2, 0.25) is 0 Å². The van der Waals surface area contributed by atoms with Gasteiger partial charge in [0.1, 0.15) is 5.56 Å². The van der Waals surface area contributed by atoms with Crippen LogP contribution in [0.3, 0.4) is 0 Å². The average molecular weight is 474 g/mol. The van der Waals surface area contributed by atoms with E-state index in [1.807, 2.05) is 6.92 Å². The van der Waals surface area contributed by atoms with Crippen molar-refractivity contribution in [1.29, 1.82) is 0 Å². The molecule has 7 nitrogen and oxygen atoms in total. The van der Waals surface area contributed by atoms with E-state index in [-0.39, 0.29) is 11.4 Å². The highest BCUT2D eigenvalue weighted by Crippen LogP contribution is 2.34. The molecule has 1 aromatic heterocycles. The Kier molecular flexibility index (Phi) is 6.63. The van der Waals surface area contributed by atoms with Crippen LogP contribution >= 0.6 is 0 Å². The van der Waals surface area contributed by atoms with Gasteiger partial charge in [-0.05, 0) is 42.3 Å². The quantitative estimate of drug-likeness (QED) is 0.528. The zero-order valence-corrected chi connectivity index (χ0v) is 18.8. The van der Waals surface area contributed by atoms with Gasteiger partial charge in [0.2, 0.25) is 5.91 Å². The molecule has 0 unspecified atom stereocenters. The van der Waals surface area contributed by atoms with E-state index in [2.05, 4.69) is 0 Å². The van der Waals surface area contributed by atoms with Crippen LogP contribution in [0.15, 0.2) is 47.3 Å². The third kappa shape index (κ3) is 4.43. The van der Waals surface area contributed by atoms with Crippen LogP contribution < -0.4 is 15.2 Å². The summed E-state index contributed by atoms with van der Waals surface area (Å²) in [4.78, 5) is 51.7. The zero-order valence-electron chi connectivity index (χ0n) is 18.8. The van der Waals surface area contributed by atoms with E-state index in [9.17, 15) is 32.3 Å². The van der Waals surface area contributed by atoms with Gasteiger partial charge in [-0.25, -0.2) is 4.90 Å². The number of esters is 1. The molecule has 0 radical (unpaired) electrons. The SMILES string of the molecule is CCc1cccc2c1c(OC(C)=O)c(C(=O)N(C(C)=O)c1ccc(C(F)(F)F)cc1)c(=O)n2C. The largest absolute Gasteiger partial charge is 0.425 e. The number of carbonyl (C=O) groups excluding carboxylic acids is 3. The molecule has 2 aromatic carbocycles. The maximum Gasteiger partial charge on any atom is 0.416 e. The molecule has 10 heteroatoms. The van der Waals surface area contributed by atoms with Gasteiger partial charge in [-0.15, -0.1) is 0 Å². The molecule has 0 N–H and O–H groups in total. The third-order valence-corrected chi connectivity index (χ3v) is 5.27. The van der Waals surface area contributed by atoms with Crippen molar-refractivity contribution in [3.05, 3.63) is 69.5 Å². The van der Waals surface area contributed by atoms with Crippen molar-refractivity contribution in [2.45, 2.75) is 33.4 Å². The summed E-state index contributed by atoms with van der Waals surface area (Å²) in [5, 5.41) is 0.349. The second-order valence-electron chi connectivity index (χ2n) is 7.53. The van der Waals surface area contributed by atoms with Crippen LogP contribution in [-0.4, -0.2) is 22.4 Å². The number of aryl methyl sites for hydroxylation is 2. The Bertz CT molecular complexity index is 1360. The number of ether oxygens (including phenoxy) is 1. The second kappa shape index (κ2) is 9.12. The minimum absolute atomic E-state index is 0.176. The Balaban J connectivity index is 2.32. The van der Waals surface area contributed by atoms with Crippen LogP contribution in [0.4, 0.5) is 18.9 Å². The summed E-state index contributed by atoms with van der Waals surface area (Å²) in [6.45, 7) is 3.97. The van der Waals surface area contributed by atoms with Gasteiger partial charge in [-0.2, -0.15) is 13.2 Å². The van der Waals surface area contributed by atoms with Crippen LogP contribution in [0, 0.1) is 0 Å². The molecule has 178 valence electrons. The van der Waals surface area contributed by atoms with Crippen molar-refractivity contribution in [3.63, 3.8) is 0 Å². The zero-order chi connectivity index (χ0) is 25.4. The van der Waals surface area contributed by atoms with E-state index in [0.29, 0.717) is 27.8 Å². The number of halogens is 3. The fourth-order valence-corrected chi connectivity index (χ4v) is 3.71. The summed E-state index contributed by atoms with van der Waals surface area (Å²) in [7, 11) is 1.43. The van der Waals surface area contributed by atoms with Crippen molar-refractivity contribution < 1.29 is 32.3 Å². The molecule has 0 fully saturated rings. The molecule has 0 bridgehead atoms. The Hall–Kier alpha value is -3.95. The van der Waals surface area contributed by atoms with Crippen LogP contribution in [0.25, 0.3) is 10.9 Å². The first-order chi connectivity index (χ1) is 15.9. The van der Waals surface area contributed by atoms with Gasteiger partial charge in [0, 0.05) is 26.3 Å². The molecule has 0 atom stereocenters. The molecule has 34 heavy (non-hydrogen) atoms. The number of imide groups is 1. The summed E-state index contributed by atoms with van der Waals surface area (Å²) < 4.78 is 45.4. The van der Waals surface area contributed by atoms with Gasteiger partial charge in [0.15, 0.2) is 5.75 Å². The number of benzene rings is 2. The van der Waals surface area contributed by atoms with E-state index in [1.54, 1.807) is 18.2 Å². The van der Waals surface area contributed by atoms with Gasteiger partial charge in [-0.1, -0.05) is 19.1 Å². The van der Waals surface area contributed by atoms with E-state index in [4.69, 9.17) is 4.74 Å². The number of amides is 2. The van der Waals surface area contributed by atoms with Crippen molar-refractivity contribution in [1.82, 2.24) is 4.57 Å². The fourth-order valence-electron chi connectivity index (χ4n) is 3.71. The maximum absolute atomic E-state index is 13.6. The normalized spacial score (nSPS) is 11.4. The number of carbonyl (C=O) groups is 3. The first-order valence-corrected chi connectivity index (χ1v) is 10.2. The summed E-state index contributed by atoms with van der Waals surface area (Å²) in [5.74, 6) is -3.06. The van der Waals surface area contributed by atoms with E-state index in [1.165, 1.54) is 11.6 Å². The number of nitrogens with zero attached hydrogens (tertiary/aromatic N) is 2. The molecule has 0 spiro atoms. The number of pyridine rings is 1. The fraction of sp³-hybridized carbons (Fsp3) is 0.250. The van der Waals surface area contributed by atoms with Crippen LogP contribution in [0.5, 0.6) is 5.75 Å². The van der Waals surface area contributed by atoms with Gasteiger partial charge in [0.25, 0.3) is 11.5 Å². The van der Waals surface area contributed by atoms with Gasteiger partial charge in [0.05, 0.1) is 16.8 Å². The number of fused-ring (bicyclic) bond motifs is 1. The van der Waals surface area contributed by atoms with Crippen molar-refractivity contribution >= 4 is 34.4 Å². The summed E-state index contributed by atoms with van der Waals surface area (Å²) in [6, 6.07) is 8.43. The lowest BCUT2D eigenvalue weighted by Gasteiger charge is -2.22. The van der Waals surface area contributed by atoms with E-state index >= 15 is 0 Å². The molecule has 3 aromatic rings. The highest BCUT2D eigenvalue weighted by atomic mass is 19.4. The number of alkyl halides is 3. The van der Waals surface area contributed by atoms with Gasteiger partial charge >= 0.3 is 12.1 Å². The molecule has 3 rings (SSSR count). The molecule has 0 saturated carbocycles. The molecule has 0 aliphatic rings. The Morgan fingerprint density at radius 2 is 1.65 bits per heavy atom. The van der Waals surface area contributed by atoms with Crippen molar-refractivity contribution in [2.75, 3.05) is 4.90 Å². The maximum atomic E-state index is 13.6. The standard InChI is InChI=1S/C24H21F3N2O5/c1-5-15-7-6-8-18-19(15)21(34-14(3)31)20(22(32)28(18)4)23(33)29(13(2)30)17-11-9-16(10-12-17)24(25,26)27/h6-12H,5H2,1-4H3. The third-order valence-electron chi connectivity index (χ3n) is 5.27. The smallest absolute Gasteiger partial charge is 0.416 e.